The van der Waals surface area contributed by atoms with Crippen LogP contribution in [0, 0.1) is 0 Å². The van der Waals surface area contributed by atoms with Crippen LogP contribution in [-0.4, -0.2) is 45.6 Å². The predicted molar refractivity (Wildman–Crippen MR) is 114 cm³/mol. The van der Waals surface area contributed by atoms with Crippen molar-refractivity contribution in [1.29, 1.82) is 0 Å². The third-order valence-electron chi connectivity index (χ3n) is 4.90. The van der Waals surface area contributed by atoms with Gasteiger partial charge in [-0.05, 0) is 38.0 Å². The first-order valence-corrected chi connectivity index (χ1v) is 10.3. The highest BCUT2D eigenvalue weighted by Crippen LogP contribution is 2.35. The fraction of sp³-hybridized carbons (Fsp3) is 0.368. The Morgan fingerprint density at radius 2 is 1.96 bits per heavy atom. The quantitative estimate of drug-likeness (QED) is 0.667. The van der Waals surface area contributed by atoms with Crippen molar-refractivity contribution in [2.24, 2.45) is 5.73 Å². The van der Waals surface area contributed by atoms with Crippen LogP contribution < -0.4 is 16.0 Å². The van der Waals surface area contributed by atoms with Gasteiger partial charge in [-0.2, -0.15) is 0 Å². The summed E-state index contributed by atoms with van der Waals surface area (Å²) in [6.45, 7) is 3.89. The van der Waals surface area contributed by atoms with Gasteiger partial charge in [-0.1, -0.05) is 23.4 Å². The van der Waals surface area contributed by atoms with Crippen LogP contribution in [-0.2, 0) is 0 Å². The van der Waals surface area contributed by atoms with E-state index < -0.39 is 0 Å². The number of rotatable bonds is 4. The SMILES string of the molecule is CNc1nccc(Sc2ccc3nc(N4CCC(C)(N)CC4)cnc3n2)c1Cl. The molecule has 4 heterocycles. The van der Waals surface area contributed by atoms with Crippen LogP contribution in [0.2, 0.25) is 5.02 Å². The maximum atomic E-state index is 6.39. The summed E-state index contributed by atoms with van der Waals surface area (Å²) in [5.41, 5.74) is 7.53. The molecule has 0 saturated carbocycles. The molecule has 4 rings (SSSR count). The second-order valence-electron chi connectivity index (χ2n) is 7.19. The van der Waals surface area contributed by atoms with Gasteiger partial charge in [0.25, 0.3) is 0 Å². The molecular weight excluding hydrogens is 394 g/mol. The van der Waals surface area contributed by atoms with Crippen molar-refractivity contribution in [3.63, 3.8) is 0 Å². The minimum absolute atomic E-state index is 0.0875. The Bertz CT molecular complexity index is 1000. The van der Waals surface area contributed by atoms with E-state index in [1.54, 1.807) is 19.4 Å². The number of aromatic nitrogens is 4. The molecule has 28 heavy (non-hydrogen) atoms. The van der Waals surface area contributed by atoms with Crippen molar-refractivity contribution in [3.05, 3.63) is 35.6 Å². The summed E-state index contributed by atoms with van der Waals surface area (Å²) in [4.78, 5) is 21.2. The van der Waals surface area contributed by atoms with E-state index in [0.717, 1.165) is 47.2 Å². The lowest BCUT2D eigenvalue weighted by molar-refractivity contribution is 0.363. The first-order chi connectivity index (χ1) is 13.4. The molecule has 146 valence electrons. The molecule has 7 nitrogen and oxygen atoms in total. The third kappa shape index (κ3) is 3.99. The molecule has 1 aliphatic heterocycles. The van der Waals surface area contributed by atoms with E-state index in [4.69, 9.17) is 22.3 Å². The largest absolute Gasteiger partial charge is 0.372 e. The van der Waals surface area contributed by atoms with Crippen molar-refractivity contribution in [2.75, 3.05) is 30.4 Å². The number of nitrogens with one attached hydrogen (secondary N) is 1. The molecule has 1 aliphatic rings. The van der Waals surface area contributed by atoms with E-state index in [0.29, 0.717) is 16.5 Å². The fourth-order valence-corrected chi connectivity index (χ4v) is 4.26. The predicted octanol–water partition coefficient (Wildman–Crippen LogP) is 3.58. The van der Waals surface area contributed by atoms with Crippen LogP contribution in [0.15, 0.2) is 40.5 Å². The first kappa shape index (κ1) is 19.2. The lowest BCUT2D eigenvalue weighted by Gasteiger charge is -2.37. The smallest absolute Gasteiger partial charge is 0.179 e. The maximum Gasteiger partial charge on any atom is 0.179 e. The van der Waals surface area contributed by atoms with Crippen LogP contribution in [0.5, 0.6) is 0 Å². The normalized spacial score (nSPS) is 16.4. The molecule has 0 aliphatic carbocycles. The zero-order valence-corrected chi connectivity index (χ0v) is 17.4. The van der Waals surface area contributed by atoms with Gasteiger partial charge in [-0.25, -0.2) is 19.9 Å². The lowest BCUT2D eigenvalue weighted by atomic mass is 9.91. The Labute approximate surface area is 173 Å². The summed E-state index contributed by atoms with van der Waals surface area (Å²) >= 11 is 7.86. The molecule has 0 bridgehead atoms. The Morgan fingerprint density at radius 1 is 1.18 bits per heavy atom. The Balaban J connectivity index is 1.56. The van der Waals surface area contributed by atoms with Gasteiger partial charge in [-0.15, -0.1) is 0 Å². The van der Waals surface area contributed by atoms with E-state index in [2.05, 4.69) is 32.1 Å². The topological polar surface area (TPSA) is 92.9 Å². The molecule has 0 aromatic carbocycles. The van der Waals surface area contributed by atoms with E-state index in [9.17, 15) is 0 Å². The molecule has 0 amide bonds. The molecule has 3 N–H and O–H groups in total. The molecular formula is C19H22ClN7S. The molecule has 0 radical (unpaired) electrons. The number of hydrogen-bond donors (Lipinski definition) is 2. The fourth-order valence-electron chi connectivity index (χ4n) is 3.12. The van der Waals surface area contributed by atoms with Gasteiger partial charge in [0.15, 0.2) is 5.65 Å². The second-order valence-corrected chi connectivity index (χ2v) is 8.63. The van der Waals surface area contributed by atoms with Crippen LogP contribution >= 0.6 is 23.4 Å². The Hall–Kier alpha value is -2.16. The van der Waals surface area contributed by atoms with Gasteiger partial charge in [0.05, 0.1) is 11.2 Å². The number of pyridine rings is 2. The maximum absolute atomic E-state index is 6.39. The molecule has 0 atom stereocenters. The van der Waals surface area contributed by atoms with Crippen LogP contribution in [0.1, 0.15) is 19.8 Å². The van der Waals surface area contributed by atoms with Gasteiger partial charge in [0.2, 0.25) is 0 Å². The Morgan fingerprint density at radius 3 is 2.71 bits per heavy atom. The van der Waals surface area contributed by atoms with Gasteiger partial charge in [0, 0.05) is 36.8 Å². The highest BCUT2D eigenvalue weighted by Gasteiger charge is 2.26. The lowest BCUT2D eigenvalue weighted by Crippen LogP contribution is -2.48. The zero-order valence-electron chi connectivity index (χ0n) is 15.8. The summed E-state index contributed by atoms with van der Waals surface area (Å²) in [6, 6.07) is 5.76. The van der Waals surface area contributed by atoms with Crippen molar-refractivity contribution in [2.45, 2.75) is 35.2 Å². The number of hydrogen-bond acceptors (Lipinski definition) is 8. The van der Waals surface area contributed by atoms with Crippen molar-refractivity contribution in [1.82, 2.24) is 19.9 Å². The van der Waals surface area contributed by atoms with Crippen LogP contribution in [0.3, 0.4) is 0 Å². The number of anilines is 2. The van der Waals surface area contributed by atoms with Crippen molar-refractivity contribution in [3.8, 4) is 0 Å². The van der Waals surface area contributed by atoms with Gasteiger partial charge in [-0.3, -0.25) is 0 Å². The van der Waals surface area contributed by atoms with Gasteiger partial charge in [0.1, 0.15) is 22.2 Å². The molecule has 0 spiro atoms. The van der Waals surface area contributed by atoms with E-state index >= 15 is 0 Å². The summed E-state index contributed by atoms with van der Waals surface area (Å²) in [7, 11) is 1.79. The molecule has 3 aromatic rings. The first-order valence-electron chi connectivity index (χ1n) is 9.13. The molecule has 9 heteroatoms. The van der Waals surface area contributed by atoms with E-state index in [1.807, 2.05) is 18.2 Å². The second kappa shape index (κ2) is 7.69. The summed E-state index contributed by atoms with van der Waals surface area (Å²) < 4.78 is 0. The van der Waals surface area contributed by atoms with E-state index in [1.165, 1.54) is 11.8 Å². The standard InChI is InChI=1S/C19H22ClN7S/c1-19(21)6-9-27(10-7-19)14-11-24-17-12(25-14)3-4-15(26-17)28-13-5-8-23-18(22-2)16(13)20/h3-5,8,11H,6-7,9-10,21H2,1-2H3,(H,22,23). The Kier molecular flexibility index (Phi) is 5.27. The average molecular weight is 416 g/mol. The highest BCUT2D eigenvalue weighted by atomic mass is 35.5. The summed E-state index contributed by atoms with van der Waals surface area (Å²) in [6.07, 6.45) is 5.41. The number of nitrogens with two attached hydrogens (primary N) is 1. The van der Waals surface area contributed by atoms with Crippen LogP contribution in [0.25, 0.3) is 11.2 Å². The van der Waals surface area contributed by atoms with Gasteiger partial charge < -0.3 is 16.0 Å². The average Bonchev–Trinajstić information content (AvgIpc) is 2.69. The molecule has 1 fully saturated rings. The third-order valence-corrected chi connectivity index (χ3v) is 6.39. The minimum Gasteiger partial charge on any atom is -0.372 e. The summed E-state index contributed by atoms with van der Waals surface area (Å²) in [5.74, 6) is 1.52. The molecule has 0 unspecified atom stereocenters. The minimum atomic E-state index is -0.0875. The van der Waals surface area contributed by atoms with Crippen LogP contribution in [0.4, 0.5) is 11.6 Å². The highest BCUT2D eigenvalue weighted by molar-refractivity contribution is 7.99. The molecule has 1 saturated heterocycles. The molecule has 3 aromatic heterocycles. The summed E-state index contributed by atoms with van der Waals surface area (Å²) in [5, 5.41) is 4.37. The van der Waals surface area contributed by atoms with Gasteiger partial charge >= 0.3 is 0 Å². The van der Waals surface area contributed by atoms with Crippen molar-refractivity contribution >= 4 is 46.2 Å². The van der Waals surface area contributed by atoms with Crippen molar-refractivity contribution < 1.29 is 0 Å². The van der Waals surface area contributed by atoms with E-state index in [-0.39, 0.29) is 5.54 Å². The zero-order chi connectivity index (χ0) is 19.7. The number of nitrogens with zero attached hydrogens (tertiary/aromatic N) is 5. The number of halogens is 1. The number of piperidine rings is 1. The number of fused-ring (bicyclic) bond motifs is 1. The monoisotopic (exact) mass is 415 g/mol.